The first-order valence-corrected chi connectivity index (χ1v) is 11.7. The lowest BCUT2D eigenvalue weighted by molar-refractivity contribution is 0.567. The van der Waals surface area contributed by atoms with Crippen molar-refractivity contribution < 1.29 is 17.2 Å². The number of rotatable bonds is 9. The zero-order valence-corrected chi connectivity index (χ0v) is 19.9. The smallest absolute Gasteiger partial charge is 0.283 e. The monoisotopic (exact) mass is 516 g/mol. The molecule has 0 saturated heterocycles. The third-order valence-corrected chi connectivity index (χ3v) is 7.02. The number of nitrogens with one attached hydrogen (secondary N) is 2. The molecule has 1 heterocycles. The first kappa shape index (κ1) is 24.9. The Morgan fingerprint density at radius 1 is 1.09 bits per heavy atom. The summed E-state index contributed by atoms with van der Waals surface area (Å²) in [5.74, 6) is -2.44. The highest BCUT2D eigenvalue weighted by molar-refractivity contribution is 7.94. The zero-order valence-electron chi connectivity index (χ0n) is 17.6. The molecule has 2 N–H and O–H groups in total. The molecule has 8 nitrogen and oxygen atoms in total. The largest absolute Gasteiger partial charge is 0.372 e. The molecule has 0 amide bonds. The zero-order chi connectivity index (χ0) is 24.2. The minimum atomic E-state index is -4.63. The molecule has 0 unspecified atom stereocenters. The summed E-state index contributed by atoms with van der Waals surface area (Å²) in [6.07, 6.45) is 1.46. The maximum Gasteiger partial charge on any atom is 0.283 e. The van der Waals surface area contributed by atoms with Gasteiger partial charge in [0.15, 0.2) is 5.82 Å². The molecule has 0 aliphatic carbocycles. The van der Waals surface area contributed by atoms with Crippen LogP contribution in [0.4, 0.5) is 31.8 Å². The topological polar surface area (TPSA) is 90.5 Å². The van der Waals surface area contributed by atoms with Crippen LogP contribution in [0.15, 0.2) is 53.7 Å². The summed E-state index contributed by atoms with van der Waals surface area (Å²) in [5.41, 5.74) is 1.63. The van der Waals surface area contributed by atoms with Crippen LogP contribution in [0.1, 0.15) is 0 Å². The fourth-order valence-electron chi connectivity index (χ4n) is 2.87. The number of anilines is 4. The number of nitrogens with zero attached hydrogens (tertiary/aromatic N) is 4. The number of para-hydroxylation sites is 2. The first-order chi connectivity index (χ1) is 15.6. The molecule has 0 saturated carbocycles. The average Bonchev–Trinajstić information content (AvgIpc) is 2.79. The van der Waals surface area contributed by atoms with Crippen LogP contribution in [0.25, 0.3) is 0 Å². The second kappa shape index (κ2) is 10.5. The van der Waals surface area contributed by atoms with Crippen LogP contribution in [-0.2, 0) is 10.0 Å². The predicted octanol–water partition coefficient (Wildman–Crippen LogP) is 4.16. The number of halogens is 4. The number of sulfonamides is 1. The molecule has 0 radical (unpaired) electrons. The van der Waals surface area contributed by atoms with Gasteiger partial charge in [0.1, 0.15) is 10.7 Å². The number of hydrogen-bond acceptors (Lipinski definition) is 7. The van der Waals surface area contributed by atoms with Crippen molar-refractivity contribution in [1.29, 1.82) is 0 Å². The Hall–Kier alpha value is -2.73. The van der Waals surface area contributed by atoms with E-state index in [1.807, 2.05) is 31.1 Å². The molecule has 176 valence electrons. The van der Waals surface area contributed by atoms with Crippen molar-refractivity contribution in [1.82, 2.24) is 15.3 Å². The van der Waals surface area contributed by atoms with Gasteiger partial charge >= 0.3 is 0 Å². The van der Waals surface area contributed by atoms with Gasteiger partial charge in [-0.2, -0.15) is 8.42 Å². The lowest BCUT2D eigenvalue weighted by Crippen LogP contribution is -2.27. The molecule has 1 aromatic heterocycles. The molecule has 2 aromatic carbocycles. The van der Waals surface area contributed by atoms with Crippen molar-refractivity contribution in [3.05, 3.63) is 65.4 Å². The van der Waals surface area contributed by atoms with Crippen LogP contribution in [0, 0.1) is 11.6 Å². The van der Waals surface area contributed by atoms with Crippen molar-refractivity contribution in [2.45, 2.75) is 4.90 Å². The summed E-state index contributed by atoms with van der Waals surface area (Å²) in [4.78, 5) is 8.19. The van der Waals surface area contributed by atoms with E-state index in [0.717, 1.165) is 36.8 Å². The summed E-state index contributed by atoms with van der Waals surface area (Å²) >= 11 is 12.1. The van der Waals surface area contributed by atoms with Crippen molar-refractivity contribution >= 4 is 56.4 Å². The Bertz CT molecular complexity index is 1230. The van der Waals surface area contributed by atoms with E-state index in [1.165, 1.54) is 0 Å². The van der Waals surface area contributed by atoms with E-state index >= 15 is 0 Å². The van der Waals surface area contributed by atoms with Crippen LogP contribution in [-0.4, -0.2) is 45.6 Å². The van der Waals surface area contributed by atoms with Gasteiger partial charge in [0.25, 0.3) is 16.0 Å². The molecular formula is C20H20Cl2F2N6O2S. The fourth-order valence-corrected chi connectivity index (χ4v) is 4.51. The van der Waals surface area contributed by atoms with Gasteiger partial charge in [0.05, 0.1) is 34.5 Å². The highest BCUT2D eigenvalue weighted by Crippen LogP contribution is 2.35. The lowest BCUT2D eigenvalue weighted by Gasteiger charge is -2.23. The van der Waals surface area contributed by atoms with Crippen LogP contribution in [0.3, 0.4) is 0 Å². The van der Waals surface area contributed by atoms with Gasteiger partial charge in [-0.25, -0.2) is 18.7 Å². The quantitative estimate of drug-likeness (QED) is 0.412. The van der Waals surface area contributed by atoms with Gasteiger partial charge in [-0.15, -0.1) is 3.82 Å². The van der Waals surface area contributed by atoms with Crippen LogP contribution < -0.4 is 19.4 Å². The van der Waals surface area contributed by atoms with Gasteiger partial charge in [0.2, 0.25) is 0 Å². The van der Waals surface area contributed by atoms with E-state index in [4.69, 9.17) is 23.4 Å². The number of likely N-dealkylation sites (N-methyl/N-ethyl adjacent to an activating group) is 2. The SMILES string of the molecule is CNCCN(C)c1ccccc1Nc1cc(F)c(S(=O)(=O)N(Cl)c2ncc(F)cn2)cc1Cl. The first-order valence-electron chi connectivity index (χ1n) is 9.54. The standard InChI is InChI=1S/C20H20Cl2F2N6O2S/c1-25-7-8-29(2)18-6-4-3-5-16(18)28-17-10-15(24)19(9-14(17)21)33(31,32)30(22)20-26-11-13(23)12-27-20/h3-6,9-12,25,28H,7-8H2,1-2H3. The molecule has 13 heteroatoms. The van der Waals surface area contributed by atoms with Crippen LogP contribution in [0.5, 0.6) is 0 Å². The van der Waals surface area contributed by atoms with Gasteiger partial charge < -0.3 is 15.5 Å². The lowest BCUT2D eigenvalue weighted by atomic mass is 10.2. The van der Waals surface area contributed by atoms with Gasteiger partial charge in [-0.05, 0) is 25.2 Å². The van der Waals surface area contributed by atoms with E-state index < -0.39 is 32.5 Å². The summed E-state index contributed by atoms with van der Waals surface area (Å²) in [5, 5.41) is 6.05. The van der Waals surface area contributed by atoms with E-state index in [-0.39, 0.29) is 14.5 Å². The number of hydrogen-bond donors (Lipinski definition) is 2. The number of benzene rings is 2. The Labute approximate surface area is 200 Å². The Morgan fingerprint density at radius 3 is 2.42 bits per heavy atom. The summed E-state index contributed by atoms with van der Waals surface area (Å²) in [6, 6.07) is 9.22. The van der Waals surface area contributed by atoms with Crippen LogP contribution in [0.2, 0.25) is 5.02 Å². The fraction of sp³-hybridized carbons (Fsp3) is 0.200. The molecule has 0 spiro atoms. The minimum Gasteiger partial charge on any atom is -0.372 e. The second-order valence-corrected chi connectivity index (χ2v) is 9.55. The average molecular weight is 517 g/mol. The van der Waals surface area contributed by atoms with Crippen molar-refractivity contribution in [2.75, 3.05) is 41.2 Å². The summed E-state index contributed by atoms with van der Waals surface area (Å²) < 4.78 is 53.6. The van der Waals surface area contributed by atoms with Gasteiger partial charge in [-0.3, -0.25) is 0 Å². The second-order valence-electron chi connectivity index (χ2n) is 6.85. The van der Waals surface area contributed by atoms with Crippen LogP contribution >= 0.6 is 23.4 Å². The Kier molecular flexibility index (Phi) is 7.90. The molecular weight excluding hydrogens is 497 g/mol. The highest BCUT2D eigenvalue weighted by atomic mass is 35.5. The van der Waals surface area contributed by atoms with E-state index in [2.05, 4.69) is 20.6 Å². The van der Waals surface area contributed by atoms with Gasteiger partial charge in [0, 0.05) is 38.0 Å². The van der Waals surface area contributed by atoms with E-state index in [9.17, 15) is 17.2 Å². The Morgan fingerprint density at radius 2 is 1.76 bits per heavy atom. The molecule has 3 rings (SSSR count). The van der Waals surface area contributed by atoms with Crippen molar-refractivity contribution in [2.24, 2.45) is 0 Å². The molecule has 0 aliphatic heterocycles. The minimum absolute atomic E-state index is 0.0623. The Balaban J connectivity index is 1.92. The molecule has 0 atom stereocenters. The highest BCUT2D eigenvalue weighted by Gasteiger charge is 2.30. The molecule has 3 aromatic rings. The molecule has 0 bridgehead atoms. The van der Waals surface area contributed by atoms with Crippen molar-refractivity contribution in [3.63, 3.8) is 0 Å². The summed E-state index contributed by atoms with van der Waals surface area (Å²) in [7, 11) is -0.878. The maximum atomic E-state index is 14.9. The summed E-state index contributed by atoms with van der Waals surface area (Å²) in [6.45, 7) is 1.46. The van der Waals surface area contributed by atoms with Crippen molar-refractivity contribution in [3.8, 4) is 0 Å². The normalized spacial score (nSPS) is 11.3. The third-order valence-electron chi connectivity index (χ3n) is 4.56. The third kappa shape index (κ3) is 5.61. The van der Waals surface area contributed by atoms with E-state index in [0.29, 0.717) is 12.2 Å². The van der Waals surface area contributed by atoms with Gasteiger partial charge in [-0.1, -0.05) is 23.7 Å². The number of aromatic nitrogens is 2. The maximum absolute atomic E-state index is 14.9. The molecule has 0 fully saturated rings. The predicted molar refractivity (Wildman–Crippen MR) is 126 cm³/mol. The molecule has 0 aliphatic rings. The molecule has 33 heavy (non-hydrogen) atoms. The van der Waals surface area contributed by atoms with E-state index in [1.54, 1.807) is 12.1 Å².